The second kappa shape index (κ2) is 11.8. The van der Waals surface area contributed by atoms with Crippen LogP contribution in [0.1, 0.15) is 24.2 Å². The van der Waals surface area contributed by atoms with Crippen LogP contribution in [0.4, 0.5) is 26.3 Å². The third kappa shape index (κ3) is 10.4. The lowest BCUT2D eigenvalue weighted by Crippen LogP contribution is -2.28. The van der Waals surface area contributed by atoms with Crippen LogP contribution < -0.4 is 0 Å². The molecule has 0 bridgehead atoms. The minimum atomic E-state index is -5.12. The first-order chi connectivity index (χ1) is 15.2. The first kappa shape index (κ1) is 27.3. The Labute approximate surface area is 183 Å². The number of Topliss-reactive ketones (excluding diaryl/α,β-unsaturated/α-hetero) is 2. The van der Waals surface area contributed by atoms with Gasteiger partial charge in [0.05, 0.1) is 0 Å². The van der Waals surface area contributed by atoms with Crippen LogP contribution in [0.25, 0.3) is 0 Å². The molecular formula is C21H16F6O6. The quantitative estimate of drug-likeness (QED) is 0.350. The van der Waals surface area contributed by atoms with Crippen LogP contribution in [0.3, 0.4) is 0 Å². The van der Waals surface area contributed by atoms with Crippen molar-refractivity contribution in [2.45, 2.75) is 32.0 Å². The number of hydrogen-bond acceptors (Lipinski definition) is 6. The van der Waals surface area contributed by atoms with E-state index in [2.05, 4.69) is 9.47 Å². The molecule has 178 valence electrons. The van der Waals surface area contributed by atoms with E-state index >= 15 is 0 Å². The number of benzene rings is 2. The number of ether oxygens (including phenoxy) is 2. The van der Waals surface area contributed by atoms with Crippen molar-refractivity contribution in [1.82, 2.24) is 0 Å². The molecule has 0 aliphatic heterocycles. The molecule has 6 nitrogen and oxygen atoms in total. The predicted octanol–water partition coefficient (Wildman–Crippen LogP) is 4.28. The summed E-state index contributed by atoms with van der Waals surface area (Å²) >= 11 is 0. The predicted molar refractivity (Wildman–Crippen MR) is 99.3 cm³/mol. The standard InChI is InChI=1S/C11H9F3O3.C10H7F3O3/c1-7(15)10(16)17-9(11(12,13)14)8-5-3-2-4-6-8;11-10(12,13)16-9(15)8(14)6-7-4-2-1-3-5-7/h2-6,9H,1H3;1-5H,6H2. The van der Waals surface area contributed by atoms with Gasteiger partial charge in [-0.15, -0.1) is 13.2 Å². The summed E-state index contributed by atoms with van der Waals surface area (Å²) in [5.41, 5.74) is 0.223. The zero-order chi connectivity index (χ0) is 25.2. The van der Waals surface area contributed by atoms with Gasteiger partial charge in [0.2, 0.25) is 17.7 Å². The molecule has 1 atom stereocenters. The summed E-state index contributed by atoms with van der Waals surface area (Å²) in [5.74, 6) is -5.70. The van der Waals surface area contributed by atoms with Gasteiger partial charge in [-0.2, -0.15) is 13.2 Å². The Bertz CT molecular complexity index is 955. The lowest BCUT2D eigenvalue weighted by molar-refractivity contribution is -0.303. The van der Waals surface area contributed by atoms with Gasteiger partial charge in [-0.1, -0.05) is 60.7 Å². The molecule has 0 aliphatic carbocycles. The summed E-state index contributed by atoms with van der Waals surface area (Å²) in [4.78, 5) is 43.2. The summed E-state index contributed by atoms with van der Waals surface area (Å²) in [5, 5.41) is 0. The molecule has 33 heavy (non-hydrogen) atoms. The Morgan fingerprint density at radius 2 is 1.27 bits per heavy atom. The van der Waals surface area contributed by atoms with Gasteiger partial charge in [-0.25, -0.2) is 9.59 Å². The van der Waals surface area contributed by atoms with E-state index in [0.717, 1.165) is 6.92 Å². The van der Waals surface area contributed by atoms with Crippen LogP contribution in [0.15, 0.2) is 60.7 Å². The van der Waals surface area contributed by atoms with Crippen molar-refractivity contribution in [3.63, 3.8) is 0 Å². The van der Waals surface area contributed by atoms with E-state index in [-0.39, 0.29) is 5.56 Å². The van der Waals surface area contributed by atoms with Crippen LogP contribution in [-0.2, 0) is 35.1 Å². The molecule has 2 rings (SSSR count). The maximum Gasteiger partial charge on any atom is 0.575 e. The van der Waals surface area contributed by atoms with Gasteiger partial charge in [0.15, 0.2) is 0 Å². The van der Waals surface area contributed by atoms with E-state index in [1.807, 2.05) is 0 Å². The fourth-order valence-electron chi connectivity index (χ4n) is 2.16. The van der Waals surface area contributed by atoms with Gasteiger partial charge >= 0.3 is 24.5 Å². The smallest absolute Gasteiger partial charge is 0.442 e. The largest absolute Gasteiger partial charge is 0.575 e. The molecule has 0 radical (unpaired) electrons. The van der Waals surface area contributed by atoms with Crippen LogP contribution in [0, 0.1) is 0 Å². The number of alkyl halides is 6. The van der Waals surface area contributed by atoms with Gasteiger partial charge in [0.1, 0.15) is 0 Å². The van der Waals surface area contributed by atoms with Gasteiger partial charge in [-0.3, -0.25) is 9.59 Å². The molecule has 12 heteroatoms. The Kier molecular flexibility index (Phi) is 9.76. The van der Waals surface area contributed by atoms with Crippen LogP contribution >= 0.6 is 0 Å². The molecule has 0 saturated heterocycles. The number of halogens is 6. The SMILES string of the molecule is CC(=O)C(=O)OC(c1ccccc1)C(F)(F)F.O=C(Cc1ccccc1)C(=O)OC(F)(F)F. The average Bonchev–Trinajstić information content (AvgIpc) is 2.71. The number of carbonyl (C=O) groups excluding carboxylic acids is 4. The molecule has 2 aromatic rings. The van der Waals surface area contributed by atoms with E-state index in [4.69, 9.17) is 0 Å². The van der Waals surface area contributed by atoms with E-state index in [9.17, 15) is 45.5 Å². The van der Waals surface area contributed by atoms with Crippen molar-refractivity contribution < 1.29 is 55.0 Å². The molecule has 0 heterocycles. The minimum Gasteiger partial charge on any atom is -0.442 e. The Hall–Kier alpha value is -3.70. The Morgan fingerprint density at radius 3 is 1.70 bits per heavy atom. The summed E-state index contributed by atoms with van der Waals surface area (Å²) in [6.45, 7) is 0.848. The first-order valence-corrected chi connectivity index (χ1v) is 8.90. The molecular weight excluding hydrogens is 462 g/mol. The van der Waals surface area contributed by atoms with E-state index in [1.165, 1.54) is 42.5 Å². The van der Waals surface area contributed by atoms with Crippen molar-refractivity contribution >= 4 is 23.5 Å². The van der Waals surface area contributed by atoms with Gasteiger partial charge in [-0.05, 0) is 5.56 Å². The summed E-state index contributed by atoms with van der Waals surface area (Å²) in [6.07, 6.45) is -12.7. The Balaban J connectivity index is 0.000000331. The molecule has 0 amide bonds. The molecule has 0 aromatic heterocycles. The Morgan fingerprint density at radius 1 is 0.788 bits per heavy atom. The number of carbonyl (C=O) groups is 4. The van der Waals surface area contributed by atoms with Crippen molar-refractivity contribution in [2.75, 3.05) is 0 Å². The van der Waals surface area contributed by atoms with E-state index in [1.54, 1.807) is 18.2 Å². The number of hydrogen-bond donors (Lipinski definition) is 0. The third-order valence-electron chi connectivity index (χ3n) is 3.56. The van der Waals surface area contributed by atoms with Gasteiger partial charge in [0, 0.05) is 18.9 Å². The van der Waals surface area contributed by atoms with Gasteiger partial charge in [0.25, 0.3) is 0 Å². The van der Waals surface area contributed by atoms with Crippen LogP contribution in [0.5, 0.6) is 0 Å². The van der Waals surface area contributed by atoms with E-state index in [0.29, 0.717) is 5.56 Å². The topological polar surface area (TPSA) is 86.7 Å². The summed E-state index contributed by atoms with van der Waals surface area (Å²) in [7, 11) is 0. The monoisotopic (exact) mass is 478 g/mol. The number of esters is 2. The van der Waals surface area contributed by atoms with Crippen LogP contribution in [-0.4, -0.2) is 36.0 Å². The zero-order valence-corrected chi connectivity index (χ0v) is 16.8. The highest BCUT2D eigenvalue weighted by atomic mass is 19.4. The summed E-state index contributed by atoms with van der Waals surface area (Å²) < 4.78 is 79.9. The van der Waals surface area contributed by atoms with Gasteiger partial charge < -0.3 is 9.47 Å². The fourth-order valence-corrected chi connectivity index (χ4v) is 2.16. The molecule has 0 aliphatic rings. The summed E-state index contributed by atoms with van der Waals surface area (Å²) in [6, 6.07) is 14.6. The number of rotatable bonds is 6. The molecule has 2 aromatic carbocycles. The maximum absolute atomic E-state index is 12.6. The zero-order valence-electron chi connectivity index (χ0n) is 16.8. The second-order valence-corrected chi connectivity index (χ2v) is 6.21. The second-order valence-electron chi connectivity index (χ2n) is 6.21. The first-order valence-electron chi connectivity index (χ1n) is 8.90. The molecule has 0 saturated carbocycles. The minimum absolute atomic E-state index is 0.227. The normalized spacial score (nSPS) is 12.0. The molecule has 1 unspecified atom stereocenters. The fraction of sp³-hybridized carbons (Fsp3) is 0.238. The van der Waals surface area contributed by atoms with Crippen LogP contribution in [0.2, 0.25) is 0 Å². The highest BCUT2D eigenvalue weighted by Crippen LogP contribution is 2.35. The third-order valence-corrected chi connectivity index (χ3v) is 3.56. The molecule has 0 N–H and O–H groups in total. The maximum atomic E-state index is 12.6. The van der Waals surface area contributed by atoms with Crippen molar-refractivity contribution in [1.29, 1.82) is 0 Å². The van der Waals surface area contributed by atoms with E-state index < -0.39 is 48.6 Å². The highest BCUT2D eigenvalue weighted by molar-refractivity contribution is 6.34. The highest BCUT2D eigenvalue weighted by Gasteiger charge is 2.44. The lowest BCUT2D eigenvalue weighted by atomic mass is 10.1. The van der Waals surface area contributed by atoms with Crippen molar-refractivity contribution in [3.05, 3.63) is 71.8 Å². The van der Waals surface area contributed by atoms with Crippen molar-refractivity contribution in [2.24, 2.45) is 0 Å². The van der Waals surface area contributed by atoms with Crippen molar-refractivity contribution in [3.8, 4) is 0 Å². The lowest BCUT2D eigenvalue weighted by Gasteiger charge is -2.20. The number of ketones is 2. The molecule has 0 spiro atoms. The average molecular weight is 478 g/mol. The molecule has 0 fully saturated rings.